The fourth-order valence-corrected chi connectivity index (χ4v) is 3.48. The van der Waals surface area contributed by atoms with Crippen LogP contribution in [0.5, 0.6) is 5.75 Å². The van der Waals surface area contributed by atoms with E-state index < -0.39 is 0 Å². The minimum absolute atomic E-state index is 0.626. The van der Waals surface area contributed by atoms with E-state index in [-0.39, 0.29) is 0 Å². The number of hydrogen-bond acceptors (Lipinski definition) is 5. The summed E-state index contributed by atoms with van der Waals surface area (Å²) in [5, 5.41) is 15.0. The Morgan fingerprint density at radius 3 is 2.59 bits per heavy atom. The summed E-state index contributed by atoms with van der Waals surface area (Å²) >= 11 is 7.08. The average molecular weight is 433 g/mol. The third-order valence-corrected chi connectivity index (χ3v) is 4.23. The third kappa shape index (κ3) is 4.42. The Morgan fingerprint density at radius 2 is 1.95 bits per heavy atom. The first kappa shape index (κ1) is 17.2. The van der Waals surface area contributed by atoms with Gasteiger partial charge in [-0.1, -0.05) is 18.4 Å². The van der Waals surface area contributed by atoms with E-state index in [1.165, 1.54) is 0 Å². The molecule has 0 aliphatic heterocycles. The minimum Gasteiger partial charge on any atom is -0.492 e. The van der Waals surface area contributed by atoms with Gasteiger partial charge in [0.15, 0.2) is 0 Å². The van der Waals surface area contributed by atoms with Crippen LogP contribution in [0.2, 0.25) is 0 Å². The van der Waals surface area contributed by atoms with Crippen molar-refractivity contribution in [1.82, 2.24) is 20.2 Å². The molecule has 0 saturated carbocycles. The number of anilines is 1. The van der Waals surface area contributed by atoms with Crippen LogP contribution in [0.4, 0.5) is 5.95 Å². The Balaban J connectivity index is 2.04. The van der Waals surface area contributed by atoms with Crippen molar-refractivity contribution < 1.29 is 4.74 Å². The van der Waals surface area contributed by atoms with Crippen LogP contribution in [0.25, 0.3) is 0 Å². The first-order chi connectivity index (χ1) is 10.7. The Hall–Kier alpha value is -1.15. The predicted molar refractivity (Wildman–Crippen MR) is 93.1 cm³/mol. The summed E-state index contributed by atoms with van der Waals surface area (Å²) < 4.78 is 9.22. The highest BCUT2D eigenvalue weighted by atomic mass is 79.9. The molecule has 0 radical (unpaired) electrons. The summed E-state index contributed by atoms with van der Waals surface area (Å²) in [5.74, 6) is 1.51. The van der Waals surface area contributed by atoms with Crippen molar-refractivity contribution in [1.29, 1.82) is 0 Å². The molecule has 6 nitrogen and oxygen atoms in total. The zero-order valence-corrected chi connectivity index (χ0v) is 15.8. The van der Waals surface area contributed by atoms with E-state index in [2.05, 4.69) is 59.6 Å². The molecular weight excluding hydrogens is 414 g/mol. The molecule has 0 fully saturated rings. The summed E-state index contributed by atoms with van der Waals surface area (Å²) in [6.45, 7) is 6.19. The van der Waals surface area contributed by atoms with Crippen molar-refractivity contribution in [2.75, 3.05) is 11.9 Å². The van der Waals surface area contributed by atoms with E-state index in [0.717, 1.165) is 39.6 Å². The Kier molecular flexibility index (Phi) is 6.63. The molecule has 0 aliphatic carbocycles. The highest BCUT2D eigenvalue weighted by Crippen LogP contribution is 2.34. The molecule has 0 spiro atoms. The van der Waals surface area contributed by atoms with Crippen molar-refractivity contribution in [3.8, 4) is 5.75 Å². The number of hydrogen-bond donors (Lipinski definition) is 1. The molecule has 0 amide bonds. The number of aromatic nitrogens is 4. The molecule has 2 aromatic rings. The second kappa shape index (κ2) is 8.47. The number of nitrogens with zero attached hydrogens (tertiary/aromatic N) is 4. The van der Waals surface area contributed by atoms with Gasteiger partial charge in [0, 0.05) is 13.1 Å². The largest absolute Gasteiger partial charge is 0.492 e. The standard InChI is InChI=1S/C14H19Br2N5O/c1-3-5-6-21-14(18-19-20-21)17-9-10-7-11(15)13(22-4-2)12(16)8-10/h7-8H,3-6,9H2,1-2H3,(H,17,18,20). The molecule has 8 heteroatoms. The minimum atomic E-state index is 0.626. The topological polar surface area (TPSA) is 64.9 Å². The number of nitrogens with one attached hydrogen (secondary N) is 1. The first-order valence-corrected chi connectivity index (χ1v) is 8.85. The van der Waals surface area contributed by atoms with Crippen LogP contribution in [0, 0.1) is 0 Å². The number of halogens is 2. The fraction of sp³-hybridized carbons (Fsp3) is 0.500. The van der Waals surface area contributed by atoms with Gasteiger partial charge in [-0.25, -0.2) is 4.68 Å². The van der Waals surface area contributed by atoms with Gasteiger partial charge in [0.25, 0.3) is 0 Å². The van der Waals surface area contributed by atoms with Gasteiger partial charge in [-0.15, -0.1) is 0 Å². The van der Waals surface area contributed by atoms with Crippen LogP contribution in [0.3, 0.4) is 0 Å². The van der Waals surface area contributed by atoms with Crippen LogP contribution in [-0.4, -0.2) is 26.8 Å². The summed E-state index contributed by atoms with van der Waals surface area (Å²) in [4.78, 5) is 0. The number of unbranched alkanes of at least 4 members (excludes halogenated alkanes) is 1. The molecule has 1 aromatic carbocycles. The maximum absolute atomic E-state index is 5.59. The summed E-state index contributed by atoms with van der Waals surface area (Å²) in [6, 6.07) is 4.06. The van der Waals surface area contributed by atoms with E-state index in [1.807, 2.05) is 19.1 Å². The van der Waals surface area contributed by atoms with E-state index in [0.29, 0.717) is 19.1 Å². The van der Waals surface area contributed by atoms with Gasteiger partial charge in [0.1, 0.15) is 5.75 Å². The van der Waals surface area contributed by atoms with Gasteiger partial charge in [-0.05, 0) is 73.3 Å². The number of rotatable bonds is 8. The van der Waals surface area contributed by atoms with E-state index in [9.17, 15) is 0 Å². The zero-order chi connectivity index (χ0) is 15.9. The normalized spacial score (nSPS) is 10.7. The van der Waals surface area contributed by atoms with Crippen LogP contribution >= 0.6 is 31.9 Å². The quantitative estimate of drug-likeness (QED) is 0.682. The van der Waals surface area contributed by atoms with E-state index >= 15 is 0 Å². The molecule has 0 bridgehead atoms. The molecule has 1 aromatic heterocycles. The molecule has 0 saturated heterocycles. The second-order valence-corrected chi connectivity index (χ2v) is 6.46. The maximum Gasteiger partial charge on any atom is 0.243 e. The predicted octanol–water partition coefficient (Wildman–Crippen LogP) is 4.01. The number of ether oxygens (including phenoxy) is 1. The number of aryl methyl sites for hydroxylation is 1. The van der Waals surface area contributed by atoms with E-state index in [1.54, 1.807) is 4.68 Å². The molecule has 0 atom stereocenters. The van der Waals surface area contributed by atoms with Crippen molar-refractivity contribution in [3.05, 3.63) is 26.6 Å². The van der Waals surface area contributed by atoms with Gasteiger partial charge in [0.2, 0.25) is 5.95 Å². The van der Waals surface area contributed by atoms with Gasteiger partial charge < -0.3 is 10.1 Å². The fourth-order valence-electron chi connectivity index (χ4n) is 1.97. The lowest BCUT2D eigenvalue weighted by molar-refractivity contribution is 0.336. The molecule has 2 rings (SSSR count). The molecule has 0 aliphatic rings. The zero-order valence-electron chi connectivity index (χ0n) is 12.6. The summed E-state index contributed by atoms with van der Waals surface area (Å²) in [6.07, 6.45) is 2.16. The monoisotopic (exact) mass is 431 g/mol. The first-order valence-electron chi connectivity index (χ1n) is 7.26. The van der Waals surface area contributed by atoms with Crippen molar-refractivity contribution >= 4 is 37.8 Å². The highest BCUT2D eigenvalue weighted by molar-refractivity contribution is 9.11. The Morgan fingerprint density at radius 1 is 1.23 bits per heavy atom. The molecule has 0 unspecified atom stereocenters. The summed E-state index contributed by atoms with van der Waals surface area (Å²) in [5.41, 5.74) is 1.10. The van der Waals surface area contributed by atoms with Gasteiger partial charge >= 0.3 is 0 Å². The number of tetrazole rings is 1. The van der Waals surface area contributed by atoms with Crippen LogP contribution < -0.4 is 10.1 Å². The Labute approximate surface area is 146 Å². The van der Waals surface area contributed by atoms with Crippen LogP contribution in [-0.2, 0) is 13.1 Å². The van der Waals surface area contributed by atoms with Crippen molar-refractivity contribution in [3.63, 3.8) is 0 Å². The molecular formula is C14H19Br2N5O. The average Bonchev–Trinajstić information content (AvgIpc) is 2.94. The highest BCUT2D eigenvalue weighted by Gasteiger charge is 2.10. The third-order valence-electron chi connectivity index (χ3n) is 3.05. The van der Waals surface area contributed by atoms with Crippen LogP contribution in [0.15, 0.2) is 21.1 Å². The maximum atomic E-state index is 5.59. The van der Waals surface area contributed by atoms with Crippen molar-refractivity contribution in [2.24, 2.45) is 0 Å². The van der Waals surface area contributed by atoms with Crippen molar-refractivity contribution in [2.45, 2.75) is 39.8 Å². The number of benzene rings is 1. The molecule has 22 heavy (non-hydrogen) atoms. The van der Waals surface area contributed by atoms with Gasteiger partial charge in [-0.3, -0.25) is 0 Å². The van der Waals surface area contributed by atoms with E-state index in [4.69, 9.17) is 4.74 Å². The molecule has 1 N–H and O–H groups in total. The SMILES string of the molecule is CCCCn1nnnc1NCc1cc(Br)c(OCC)c(Br)c1. The lowest BCUT2D eigenvalue weighted by Gasteiger charge is -2.12. The molecule has 1 heterocycles. The van der Waals surface area contributed by atoms with Crippen LogP contribution in [0.1, 0.15) is 32.3 Å². The smallest absolute Gasteiger partial charge is 0.243 e. The summed E-state index contributed by atoms with van der Waals surface area (Å²) in [7, 11) is 0. The lowest BCUT2D eigenvalue weighted by Crippen LogP contribution is -2.09. The molecule has 120 valence electrons. The second-order valence-electron chi connectivity index (χ2n) is 4.75. The lowest BCUT2D eigenvalue weighted by atomic mass is 10.2. The van der Waals surface area contributed by atoms with Gasteiger partial charge in [-0.2, -0.15) is 0 Å². The van der Waals surface area contributed by atoms with Gasteiger partial charge in [0.05, 0.1) is 15.6 Å². The Bertz CT molecular complexity index is 594.